The smallest absolute Gasteiger partial charge is 0.0986 e. The van der Waals surface area contributed by atoms with Gasteiger partial charge in [-0.1, -0.05) is 33.4 Å². The molecule has 0 aromatic heterocycles. The molecule has 0 bridgehead atoms. The Hall–Kier alpha value is -0.720. The lowest BCUT2D eigenvalue weighted by atomic mass is 10.0. The summed E-state index contributed by atoms with van der Waals surface area (Å²) in [6.07, 6.45) is 2.82. The first-order chi connectivity index (χ1) is 5.17. The summed E-state index contributed by atoms with van der Waals surface area (Å²) in [5, 5.41) is 0. The average Bonchev–Trinajstić information content (AvgIpc) is 1.99. The fourth-order valence-electron chi connectivity index (χ4n) is 1.14. The van der Waals surface area contributed by atoms with Crippen LogP contribution in [0.1, 0.15) is 27.2 Å². The monoisotopic (exact) mass is 154 g/mol. The summed E-state index contributed by atoms with van der Waals surface area (Å²) in [5.41, 5.74) is 1.22. The highest BCUT2D eigenvalue weighted by molar-refractivity contribution is 5.22. The predicted molar refractivity (Wildman–Crippen MR) is 49.4 cm³/mol. The standard InChI is InChI=1S/C10H18O/c1-6-9(8(3)4)10(7-2)11-5/h6,8H,1,7H2,2-5H3/b10-9-. The molecule has 0 N–H and O–H groups in total. The van der Waals surface area contributed by atoms with Crippen LogP contribution in [0.4, 0.5) is 0 Å². The highest BCUT2D eigenvalue weighted by Crippen LogP contribution is 2.18. The zero-order valence-electron chi connectivity index (χ0n) is 7.98. The number of hydrogen-bond acceptors (Lipinski definition) is 1. The van der Waals surface area contributed by atoms with Crippen LogP contribution in [0.25, 0.3) is 0 Å². The van der Waals surface area contributed by atoms with Crippen LogP contribution >= 0.6 is 0 Å². The second-order valence-corrected chi connectivity index (χ2v) is 2.80. The lowest BCUT2D eigenvalue weighted by Crippen LogP contribution is -1.98. The van der Waals surface area contributed by atoms with Crippen LogP contribution in [0, 0.1) is 5.92 Å². The molecular formula is C10H18O. The molecule has 0 atom stereocenters. The van der Waals surface area contributed by atoms with Gasteiger partial charge in [0.2, 0.25) is 0 Å². The summed E-state index contributed by atoms with van der Waals surface area (Å²) in [4.78, 5) is 0. The van der Waals surface area contributed by atoms with E-state index in [4.69, 9.17) is 4.74 Å². The van der Waals surface area contributed by atoms with Crippen molar-refractivity contribution < 1.29 is 4.74 Å². The molecule has 1 nitrogen and oxygen atoms in total. The van der Waals surface area contributed by atoms with Crippen molar-refractivity contribution in [2.75, 3.05) is 7.11 Å². The fourth-order valence-corrected chi connectivity index (χ4v) is 1.14. The van der Waals surface area contributed by atoms with Crippen molar-refractivity contribution in [2.45, 2.75) is 27.2 Å². The van der Waals surface area contributed by atoms with Crippen molar-refractivity contribution in [1.82, 2.24) is 0 Å². The molecule has 0 saturated carbocycles. The van der Waals surface area contributed by atoms with Gasteiger partial charge >= 0.3 is 0 Å². The van der Waals surface area contributed by atoms with E-state index in [0.29, 0.717) is 5.92 Å². The molecular weight excluding hydrogens is 136 g/mol. The van der Waals surface area contributed by atoms with Crippen LogP contribution in [0.3, 0.4) is 0 Å². The molecule has 0 spiro atoms. The van der Waals surface area contributed by atoms with Gasteiger partial charge in [0.25, 0.3) is 0 Å². The average molecular weight is 154 g/mol. The molecule has 0 radical (unpaired) electrons. The van der Waals surface area contributed by atoms with Gasteiger partial charge in [-0.3, -0.25) is 0 Å². The van der Waals surface area contributed by atoms with Gasteiger partial charge in [-0.25, -0.2) is 0 Å². The Morgan fingerprint density at radius 3 is 2.18 bits per heavy atom. The van der Waals surface area contributed by atoms with E-state index in [0.717, 1.165) is 12.2 Å². The van der Waals surface area contributed by atoms with Crippen LogP contribution in [0.2, 0.25) is 0 Å². The van der Waals surface area contributed by atoms with Crippen molar-refractivity contribution in [2.24, 2.45) is 5.92 Å². The number of methoxy groups -OCH3 is 1. The Balaban J connectivity index is 4.62. The molecule has 0 amide bonds. The van der Waals surface area contributed by atoms with E-state index in [-0.39, 0.29) is 0 Å². The van der Waals surface area contributed by atoms with Gasteiger partial charge in [-0.2, -0.15) is 0 Å². The summed E-state index contributed by atoms with van der Waals surface area (Å²) in [6, 6.07) is 0. The molecule has 0 unspecified atom stereocenters. The SMILES string of the molecule is C=C/C(=C(\CC)OC)C(C)C. The van der Waals surface area contributed by atoms with Crippen molar-refractivity contribution in [3.05, 3.63) is 24.0 Å². The van der Waals surface area contributed by atoms with Gasteiger partial charge < -0.3 is 4.74 Å². The number of allylic oxidation sites excluding steroid dienone is 3. The molecule has 0 saturated heterocycles. The van der Waals surface area contributed by atoms with Crippen molar-refractivity contribution >= 4 is 0 Å². The van der Waals surface area contributed by atoms with Gasteiger partial charge in [0.1, 0.15) is 0 Å². The first-order valence-corrected chi connectivity index (χ1v) is 4.06. The molecule has 0 aromatic carbocycles. The van der Waals surface area contributed by atoms with Gasteiger partial charge in [0.05, 0.1) is 12.9 Å². The molecule has 0 rings (SSSR count). The van der Waals surface area contributed by atoms with Crippen molar-refractivity contribution in [1.29, 1.82) is 0 Å². The Morgan fingerprint density at radius 2 is 2.09 bits per heavy atom. The Bertz CT molecular complexity index is 148. The lowest BCUT2D eigenvalue weighted by Gasteiger charge is -2.12. The quantitative estimate of drug-likeness (QED) is 0.446. The van der Waals surface area contributed by atoms with Crippen molar-refractivity contribution in [3.63, 3.8) is 0 Å². The number of rotatable bonds is 4. The van der Waals surface area contributed by atoms with Crippen LogP contribution in [0.5, 0.6) is 0 Å². The van der Waals surface area contributed by atoms with E-state index >= 15 is 0 Å². The summed E-state index contributed by atoms with van der Waals surface area (Å²) >= 11 is 0. The van der Waals surface area contributed by atoms with Gasteiger partial charge in [-0.15, -0.1) is 0 Å². The maximum absolute atomic E-state index is 5.22. The molecule has 1 heteroatoms. The van der Waals surface area contributed by atoms with E-state index in [1.54, 1.807) is 7.11 Å². The molecule has 0 fully saturated rings. The van der Waals surface area contributed by atoms with Gasteiger partial charge in [-0.05, 0) is 11.5 Å². The highest BCUT2D eigenvalue weighted by Gasteiger charge is 2.05. The van der Waals surface area contributed by atoms with Crippen LogP contribution in [0.15, 0.2) is 24.0 Å². The van der Waals surface area contributed by atoms with Crippen LogP contribution in [-0.4, -0.2) is 7.11 Å². The maximum Gasteiger partial charge on any atom is 0.0986 e. The molecule has 0 aliphatic carbocycles. The van der Waals surface area contributed by atoms with Crippen LogP contribution < -0.4 is 0 Å². The molecule has 0 aromatic rings. The summed E-state index contributed by atoms with van der Waals surface area (Å²) < 4.78 is 5.22. The summed E-state index contributed by atoms with van der Waals surface area (Å²) in [6.45, 7) is 10.1. The largest absolute Gasteiger partial charge is 0.501 e. The van der Waals surface area contributed by atoms with E-state index in [9.17, 15) is 0 Å². The second kappa shape index (κ2) is 5.00. The normalized spacial score (nSPS) is 12.8. The van der Waals surface area contributed by atoms with E-state index in [1.165, 1.54) is 5.57 Å². The third-order valence-corrected chi connectivity index (χ3v) is 1.73. The molecule has 64 valence electrons. The Kier molecular flexibility index (Phi) is 4.67. The Labute approximate surface area is 69.8 Å². The molecule has 0 aliphatic rings. The maximum atomic E-state index is 5.22. The fraction of sp³-hybridized carbons (Fsp3) is 0.600. The predicted octanol–water partition coefficient (Wildman–Crippen LogP) is 3.14. The summed E-state index contributed by atoms with van der Waals surface area (Å²) in [5.74, 6) is 1.55. The number of hydrogen-bond donors (Lipinski definition) is 0. The lowest BCUT2D eigenvalue weighted by molar-refractivity contribution is 0.273. The van der Waals surface area contributed by atoms with E-state index < -0.39 is 0 Å². The minimum Gasteiger partial charge on any atom is -0.501 e. The van der Waals surface area contributed by atoms with Gasteiger partial charge in [0.15, 0.2) is 0 Å². The first kappa shape index (κ1) is 10.3. The third kappa shape index (κ3) is 2.79. The van der Waals surface area contributed by atoms with Crippen molar-refractivity contribution in [3.8, 4) is 0 Å². The third-order valence-electron chi connectivity index (χ3n) is 1.73. The van der Waals surface area contributed by atoms with Crippen LogP contribution in [-0.2, 0) is 4.74 Å². The minimum absolute atomic E-state index is 0.502. The first-order valence-electron chi connectivity index (χ1n) is 4.06. The van der Waals surface area contributed by atoms with E-state index in [2.05, 4.69) is 27.4 Å². The second-order valence-electron chi connectivity index (χ2n) is 2.80. The van der Waals surface area contributed by atoms with Gasteiger partial charge in [0, 0.05) is 6.42 Å². The zero-order chi connectivity index (χ0) is 8.85. The highest BCUT2D eigenvalue weighted by atomic mass is 16.5. The molecule has 11 heavy (non-hydrogen) atoms. The number of ether oxygens (including phenoxy) is 1. The Morgan fingerprint density at radius 1 is 1.55 bits per heavy atom. The minimum atomic E-state index is 0.502. The zero-order valence-corrected chi connectivity index (χ0v) is 7.98. The summed E-state index contributed by atoms with van der Waals surface area (Å²) in [7, 11) is 1.71. The van der Waals surface area contributed by atoms with E-state index in [1.807, 2.05) is 6.08 Å². The molecule has 0 aliphatic heterocycles. The topological polar surface area (TPSA) is 9.23 Å². The molecule has 0 heterocycles.